The molecule has 3 aromatic rings. The highest BCUT2D eigenvalue weighted by Gasteiger charge is 2.12. The van der Waals surface area contributed by atoms with Gasteiger partial charge in [0.25, 0.3) is 0 Å². The van der Waals surface area contributed by atoms with Crippen LogP contribution in [0.2, 0.25) is 0 Å². The molecule has 0 saturated heterocycles. The SMILES string of the molecule is CCC(N)Cc1cc2ccccc2nc1-n1cc(Br)cn1. The number of nitrogens with two attached hydrogens (primary N) is 1. The second-order valence-electron chi connectivity index (χ2n) is 5.14. The predicted molar refractivity (Wildman–Crippen MR) is 88.5 cm³/mol. The lowest BCUT2D eigenvalue weighted by Gasteiger charge is -2.14. The van der Waals surface area contributed by atoms with Crippen LogP contribution in [0.4, 0.5) is 0 Å². The van der Waals surface area contributed by atoms with E-state index in [4.69, 9.17) is 10.7 Å². The third kappa shape index (κ3) is 2.99. The van der Waals surface area contributed by atoms with Crippen LogP contribution in [-0.2, 0) is 6.42 Å². The van der Waals surface area contributed by atoms with Crippen molar-refractivity contribution in [3.8, 4) is 5.82 Å². The van der Waals surface area contributed by atoms with Gasteiger partial charge < -0.3 is 5.73 Å². The molecule has 0 radical (unpaired) electrons. The lowest BCUT2D eigenvalue weighted by Crippen LogP contribution is -2.22. The van der Waals surface area contributed by atoms with E-state index < -0.39 is 0 Å². The van der Waals surface area contributed by atoms with Gasteiger partial charge in [-0.2, -0.15) is 5.10 Å². The van der Waals surface area contributed by atoms with Gasteiger partial charge in [-0.25, -0.2) is 9.67 Å². The van der Waals surface area contributed by atoms with Crippen molar-refractivity contribution >= 4 is 26.8 Å². The van der Waals surface area contributed by atoms with Crippen LogP contribution < -0.4 is 5.73 Å². The summed E-state index contributed by atoms with van der Waals surface area (Å²) in [6, 6.07) is 10.4. The molecule has 108 valence electrons. The fourth-order valence-corrected chi connectivity index (χ4v) is 2.63. The van der Waals surface area contributed by atoms with E-state index in [9.17, 15) is 0 Å². The largest absolute Gasteiger partial charge is 0.327 e. The average Bonchev–Trinajstić information content (AvgIpc) is 2.92. The maximum Gasteiger partial charge on any atom is 0.157 e. The molecule has 2 aromatic heterocycles. The van der Waals surface area contributed by atoms with Crippen LogP contribution >= 0.6 is 15.9 Å². The van der Waals surface area contributed by atoms with Gasteiger partial charge in [-0.05, 0) is 46.5 Å². The smallest absolute Gasteiger partial charge is 0.157 e. The minimum Gasteiger partial charge on any atom is -0.327 e. The summed E-state index contributed by atoms with van der Waals surface area (Å²) in [4.78, 5) is 4.77. The minimum absolute atomic E-state index is 0.130. The van der Waals surface area contributed by atoms with Crippen molar-refractivity contribution in [3.63, 3.8) is 0 Å². The average molecular weight is 345 g/mol. The summed E-state index contributed by atoms with van der Waals surface area (Å²) in [6.07, 6.45) is 5.41. The van der Waals surface area contributed by atoms with Crippen LogP contribution in [0.25, 0.3) is 16.7 Å². The predicted octanol–water partition coefficient (Wildman–Crippen LogP) is 3.46. The molecule has 2 N–H and O–H groups in total. The van der Waals surface area contributed by atoms with E-state index in [1.54, 1.807) is 10.9 Å². The molecule has 21 heavy (non-hydrogen) atoms. The second kappa shape index (κ2) is 5.95. The molecule has 0 spiro atoms. The van der Waals surface area contributed by atoms with Crippen molar-refractivity contribution in [2.45, 2.75) is 25.8 Å². The number of hydrogen-bond donors (Lipinski definition) is 1. The van der Waals surface area contributed by atoms with Crippen LogP contribution in [0.1, 0.15) is 18.9 Å². The topological polar surface area (TPSA) is 56.7 Å². The lowest BCUT2D eigenvalue weighted by atomic mass is 10.0. The minimum atomic E-state index is 0.130. The van der Waals surface area contributed by atoms with Crippen molar-refractivity contribution in [3.05, 3.63) is 52.8 Å². The van der Waals surface area contributed by atoms with E-state index in [2.05, 4.69) is 40.1 Å². The molecule has 1 atom stereocenters. The molecule has 0 aliphatic heterocycles. The number of rotatable bonds is 4. The number of halogens is 1. The standard InChI is InChI=1S/C16H17BrN4/c1-2-14(18)8-12-7-11-5-3-4-6-15(11)20-16(12)21-10-13(17)9-19-21/h3-7,9-10,14H,2,8,18H2,1H3. The molecule has 1 aromatic carbocycles. The Bertz CT molecular complexity index is 766. The molecule has 0 saturated carbocycles. The van der Waals surface area contributed by atoms with Crippen molar-refractivity contribution < 1.29 is 0 Å². The number of fused-ring (bicyclic) bond motifs is 1. The van der Waals surface area contributed by atoms with Gasteiger partial charge in [0.05, 0.1) is 16.2 Å². The first-order valence-electron chi connectivity index (χ1n) is 7.02. The molecule has 1 unspecified atom stereocenters. The van der Waals surface area contributed by atoms with E-state index in [0.29, 0.717) is 0 Å². The van der Waals surface area contributed by atoms with Gasteiger partial charge in [0.1, 0.15) is 0 Å². The molecular formula is C16H17BrN4. The molecule has 5 heteroatoms. The molecule has 0 fully saturated rings. The van der Waals surface area contributed by atoms with E-state index >= 15 is 0 Å². The zero-order valence-electron chi connectivity index (χ0n) is 11.8. The van der Waals surface area contributed by atoms with Gasteiger partial charge in [-0.15, -0.1) is 0 Å². The summed E-state index contributed by atoms with van der Waals surface area (Å²) in [6.45, 7) is 2.10. The van der Waals surface area contributed by atoms with E-state index in [-0.39, 0.29) is 6.04 Å². The zero-order valence-corrected chi connectivity index (χ0v) is 13.4. The molecule has 3 rings (SSSR count). The number of pyridine rings is 1. The van der Waals surface area contributed by atoms with E-state index in [1.807, 2.05) is 24.4 Å². The summed E-state index contributed by atoms with van der Waals surface area (Å²) < 4.78 is 2.73. The maximum absolute atomic E-state index is 6.13. The Balaban J connectivity index is 2.16. The highest BCUT2D eigenvalue weighted by molar-refractivity contribution is 9.10. The maximum atomic E-state index is 6.13. The molecule has 0 bridgehead atoms. The Morgan fingerprint density at radius 1 is 1.33 bits per heavy atom. The fraction of sp³-hybridized carbons (Fsp3) is 0.250. The van der Waals surface area contributed by atoms with Crippen LogP contribution in [0.3, 0.4) is 0 Å². The molecule has 0 aliphatic carbocycles. The lowest BCUT2D eigenvalue weighted by molar-refractivity contribution is 0.640. The second-order valence-corrected chi connectivity index (χ2v) is 6.06. The summed E-state index contributed by atoms with van der Waals surface area (Å²) in [5.74, 6) is 0.850. The third-order valence-corrected chi connectivity index (χ3v) is 3.96. The monoisotopic (exact) mass is 344 g/mol. The Kier molecular flexibility index (Phi) is 4.03. The molecular weight excluding hydrogens is 328 g/mol. The van der Waals surface area contributed by atoms with Crippen LogP contribution in [-0.4, -0.2) is 20.8 Å². The number of para-hydroxylation sites is 1. The fourth-order valence-electron chi connectivity index (χ4n) is 2.34. The zero-order chi connectivity index (χ0) is 14.8. The Hall–Kier alpha value is -1.72. The van der Waals surface area contributed by atoms with E-state index in [0.717, 1.165) is 39.6 Å². The number of benzene rings is 1. The number of nitrogens with zero attached hydrogens (tertiary/aromatic N) is 3. The molecule has 0 aliphatic rings. The normalized spacial score (nSPS) is 12.7. The van der Waals surface area contributed by atoms with Gasteiger partial charge in [0, 0.05) is 17.6 Å². The first kappa shape index (κ1) is 14.2. The van der Waals surface area contributed by atoms with E-state index in [1.165, 1.54) is 0 Å². The molecule has 4 nitrogen and oxygen atoms in total. The summed E-state index contributed by atoms with van der Waals surface area (Å²) in [5, 5.41) is 5.48. The Morgan fingerprint density at radius 3 is 2.86 bits per heavy atom. The first-order chi connectivity index (χ1) is 10.2. The van der Waals surface area contributed by atoms with Crippen molar-refractivity contribution in [2.75, 3.05) is 0 Å². The molecule has 2 heterocycles. The first-order valence-corrected chi connectivity index (χ1v) is 7.81. The van der Waals surface area contributed by atoms with Crippen LogP contribution in [0.5, 0.6) is 0 Å². The summed E-state index contributed by atoms with van der Waals surface area (Å²) in [5.41, 5.74) is 8.22. The van der Waals surface area contributed by atoms with Crippen molar-refractivity contribution in [1.29, 1.82) is 0 Å². The van der Waals surface area contributed by atoms with Gasteiger partial charge in [-0.3, -0.25) is 0 Å². The van der Waals surface area contributed by atoms with Crippen LogP contribution in [0.15, 0.2) is 47.2 Å². The molecule has 0 amide bonds. The Morgan fingerprint density at radius 2 is 2.14 bits per heavy atom. The van der Waals surface area contributed by atoms with Gasteiger partial charge in [-0.1, -0.05) is 25.1 Å². The van der Waals surface area contributed by atoms with Gasteiger partial charge in [0.15, 0.2) is 5.82 Å². The summed E-state index contributed by atoms with van der Waals surface area (Å²) in [7, 11) is 0. The van der Waals surface area contributed by atoms with Gasteiger partial charge >= 0.3 is 0 Å². The summed E-state index contributed by atoms with van der Waals surface area (Å²) >= 11 is 3.43. The van der Waals surface area contributed by atoms with Crippen molar-refractivity contribution in [1.82, 2.24) is 14.8 Å². The highest BCUT2D eigenvalue weighted by Crippen LogP contribution is 2.22. The Labute approximate surface area is 132 Å². The number of hydrogen-bond acceptors (Lipinski definition) is 3. The number of aromatic nitrogens is 3. The van der Waals surface area contributed by atoms with Crippen LogP contribution in [0, 0.1) is 0 Å². The van der Waals surface area contributed by atoms with Crippen molar-refractivity contribution in [2.24, 2.45) is 5.73 Å². The highest BCUT2D eigenvalue weighted by atomic mass is 79.9. The van der Waals surface area contributed by atoms with Gasteiger partial charge in [0.2, 0.25) is 0 Å². The quantitative estimate of drug-likeness (QED) is 0.788. The third-order valence-electron chi connectivity index (χ3n) is 3.55.